The van der Waals surface area contributed by atoms with E-state index in [1.54, 1.807) is 20.8 Å². The smallest absolute Gasteiger partial charge is 0.413 e. The number of rotatable bonds is 10. The van der Waals surface area contributed by atoms with Crippen LogP contribution in [0.2, 0.25) is 0 Å². The molecular formula is C24H29N7O7. The largest absolute Gasteiger partial charge is 0.480 e. The van der Waals surface area contributed by atoms with E-state index < -0.39 is 42.1 Å². The van der Waals surface area contributed by atoms with Gasteiger partial charge in [0.25, 0.3) is 5.91 Å². The summed E-state index contributed by atoms with van der Waals surface area (Å²) in [6.45, 7) is 5.49. The monoisotopic (exact) mass is 527 g/mol. The molecule has 0 saturated heterocycles. The Morgan fingerprint density at radius 3 is 2.47 bits per heavy atom. The van der Waals surface area contributed by atoms with Gasteiger partial charge in [-0.25, -0.2) is 25.2 Å². The van der Waals surface area contributed by atoms with Gasteiger partial charge in [0.15, 0.2) is 17.0 Å². The fraction of sp³-hybridized carbons (Fsp3) is 0.375. The quantitative estimate of drug-likeness (QED) is 0.258. The van der Waals surface area contributed by atoms with Crippen LogP contribution in [0, 0.1) is 0 Å². The first-order valence-electron chi connectivity index (χ1n) is 11.6. The maximum Gasteiger partial charge on any atom is 0.413 e. The molecule has 14 nitrogen and oxygen atoms in total. The third kappa shape index (κ3) is 7.96. The van der Waals surface area contributed by atoms with E-state index in [-0.39, 0.29) is 30.1 Å². The maximum absolute atomic E-state index is 13.0. The van der Waals surface area contributed by atoms with Crippen LogP contribution in [-0.2, 0) is 37.0 Å². The van der Waals surface area contributed by atoms with Crippen molar-refractivity contribution < 1.29 is 33.8 Å². The summed E-state index contributed by atoms with van der Waals surface area (Å²) >= 11 is 0. The van der Waals surface area contributed by atoms with Crippen molar-refractivity contribution in [2.75, 3.05) is 11.9 Å². The first-order chi connectivity index (χ1) is 17.9. The van der Waals surface area contributed by atoms with Crippen LogP contribution in [-0.4, -0.2) is 71.8 Å². The number of carbonyl (C=O) groups excluding carboxylic acids is 3. The van der Waals surface area contributed by atoms with Gasteiger partial charge in [-0.1, -0.05) is 30.3 Å². The van der Waals surface area contributed by atoms with Gasteiger partial charge in [-0.15, -0.1) is 0 Å². The van der Waals surface area contributed by atoms with Gasteiger partial charge in [-0.2, -0.15) is 0 Å². The number of nitrogens with one attached hydrogen (secondary N) is 2. The van der Waals surface area contributed by atoms with Crippen LogP contribution >= 0.6 is 0 Å². The molecule has 202 valence electrons. The lowest BCUT2D eigenvalue weighted by molar-refractivity contribution is -0.161. The maximum atomic E-state index is 13.0. The number of nitrogens with zero attached hydrogens (tertiary/aromatic N) is 5. The zero-order chi connectivity index (χ0) is 27.9. The number of imidazole rings is 1. The number of hydrogen-bond donors (Lipinski definition) is 3. The van der Waals surface area contributed by atoms with Crippen LogP contribution in [0.3, 0.4) is 0 Å². The molecule has 0 aliphatic carbocycles. The van der Waals surface area contributed by atoms with Gasteiger partial charge in [0.2, 0.25) is 0 Å². The Labute approximate surface area is 217 Å². The van der Waals surface area contributed by atoms with Crippen LogP contribution in [0.15, 0.2) is 43.0 Å². The molecule has 38 heavy (non-hydrogen) atoms. The van der Waals surface area contributed by atoms with Crippen molar-refractivity contribution in [3.05, 3.63) is 48.5 Å². The highest BCUT2D eigenvalue weighted by Crippen LogP contribution is 2.18. The molecule has 14 heteroatoms. The van der Waals surface area contributed by atoms with Gasteiger partial charge in [0.05, 0.1) is 6.33 Å². The van der Waals surface area contributed by atoms with Crippen LogP contribution in [0.5, 0.6) is 0 Å². The number of hydrazine groups is 1. The Bertz CT molecular complexity index is 1300. The number of carboxylic acids is 1. The fourth-order valence-electron chi connectivity index (χ4n) is 3.19. The molecule has 2 aromatic heterocycles. The molecule has 1 atom stereocenters. The van der Waals surface area contributed by atoms with Crippen molar-refractivity contribution in [2.45, 2.75) is 52.5 Å². The fourth-order valence-corrected chi connectivity index (χ4v) is 3.19. The lowest BCUT2D eigenvalue weighted by Gasteiger charge is -2.27. The number of benzene rings is 1. The van der Waals surface area contributed by atoms with E-state index in [1.165, 1.54) is 24.1 Å². The molecule has 3 rings (SSSR count). The third-order valence-corrected chi connectivity index (χ3v) is 4.84. The van der Waals surface area contributed by atoms with E-state index in [2.05, 4.69) is 25.7 Å². The number of aromatic nitrogens is 4. The summed E-state index contributed by atoms with van der Waals surface area (Å²) in [5.41, 5.74) is 3.03. The molecule has 0 saturated carbocycles. The molecule has 1 unspecified atom stereocenters. The van der Waals surface area contributed by atoms with Gasteiger partial charge in [-0.3, -0.25) is 24.7 Å². The highest BCUT2D eigenvalue weighted by atomic mass is 16.6. The second-order valence-corrected chi connectivity index (χ2v) is 9.21. The Balaban J connectivity index is 1.70. The van der Waals surface area contributed by atoms with Crippen molar-refractivity contribution in [1.82, 2.24) is 30.0 Å². The summed E-state index contributed by atoms with van der Waals surface area (Å²) in [5, 5.41) is 12.6. The van der Waals surface area contributed by atoms with Crippen LogP contribution in [0.25, 0.3) is 11.2 Å². The first kappa shape index (κ1) is 28.0. The van der Waals surface area contributed by atoms with Gasteiger partial charge >= 0.3 is 18.0 Å². The zero-order valence-electron chi connectivity index (χ0n) is 21.4. The van der Waals surface area contributed by atoms with Gasteiger partial charge in [-0.05, 0) is 33.3 Å². The minimum absolute atomic E-state index is 0.0535. The van der Waals surface area contributed by atoms with E-state index in [9.17, 15) is 24.3 Å². The second-order valence-electron chi connectivity index (χ2n) is 9.21. The van der Waals surface area contributed by atoms with Gasteiger partial charge in [0, 0.05) is 0 Å². The Hall–Kier alpha value is -4.59. The number of ether oxygens (including phenoxy) is 2. The standard InChI is InChI=1S/C24H29N7O7/c1-15(22(35)38-24(2,3)4)29-31(11-18(33)34)17(32)10-30-14-27-19-20(25-13-26-21(19)30)28-23(36)37-12-16-8-6-5-7-9-16/h5-9,13-15,29H,10-12H2,1-4H3,(H,33,34)(H,25,26,28,36). The molecule has 0 aliphatic rings. The number of hydrogen-bond acceptors (Lipinski definition) is 10. The van der Waals surface area contributed by atoms with Gasteiger partial charge in [0.1, 0.15) is 37.7 Å². The van der Waals surface area contributed by atoms with Crippen LogP contribution in [0.1, 0.15) is 33.3 Å². The van der Waals surface area contributed by atoms with Crippen molar-refractivity contribution in [3.63, 3.8) is 0 Å². The van der Waals surface area contributed by atoms with E-state index in [0.717, 1.165) is 10.6 Å². The Kier molecular flexibility index (Phi) is 8.91. The normalized spacial score (nSPS) is 12.0. The highest BCUT2D eigenvalue weighted by Gasteiger charge is 2.27. The number of carboxylic acid groups (broad SMARTS) is 1. The summed E-state index contributed by atoms with van der Waals surface area (Å²) in [7, 11) is 0. The molecule has 0 aliphatic heterocycles. The number of aliphatic carboxylic acids is 1. The number of fused-ring (bicyclic) bond motifs is 1. The predicted octanol–water partition coefficient (Wildman–Crippen LogP) is 1.72. The average Bonchev–Trinajstić information content (AvgIpc) is 3.25. The summed E-state index contributed by atoms with van der Waals surface area (Å²) in [5.74, 6) is -2.56. The molecule has 0 spiro atoms. The highest BCUT2D eigenvalue weighted by molar-refractivity contribution is 5.93. The molecule has 3 aromatic rings. The molecule has 0 radical (unpaired) electrons. The molecule has 1 aromatic carbocycles. The molecule has 2 heterocycles. The van der Waals surface area contributed by atoms with Crippen molar-refractivity contribution >= 4 is 40.9 Å². The number of carbonyl (C=O) groups is 4. The molecule has 0 fully saturated rings. The van der Waals surface area contributed by atoms with E-state index >= 15 is 0 Å². The topological polar surface area (TPSA) is 178 Å². The lowest BCUT2D eigenvalue weighted by atomic mass is 10.2. The van der Waals surface area contributed by atoms with E-state index in [1.807, 2.05) is 30.3 Å². The Morgan fingerprint density at radius 1 is 1.11 bits per heavy atom. The lowest BCUT2D eigenvalue weighted by Crippen LogP contribution is -2.53. The third-order valence-electron chi connectivity index (χ3n) is 4.84. The number of amides is 2. The Morgan fingerprint density at radius 2 is 1.82 bits per heavy atom. The SMILES string of the molecule is CC(NN(CC(=O)O)C(=O)Cn1cnc2c(NC(=O)OCc3ccccc3)ncnc21)C(=O)OC(C)(C)C. The van der Waals surface area contributed by atoms with E-state index in [0.29, 0.717) is 0 Å². The number of anilines is 1. The summed E-state index contributed by atoms with van der Waals surface area (Å²) in [4.78, 5) is 61.2. The van der Waals surface area contributed by atoms with Crippen LogP contribution in [0.4, 0.5) is 10.6 Å². The summed E-state index contributed by atoms with van der Waals surface area (Å²) in [6, 6.07) is 8.11. The zero-order valence-corrected chi connectivity index (χ0v) is 21.4. The summed E-state index contributed by atoms with van der Waals surface area (Å²) < 4.78 is 11.8. The minimum Gasteiger partial charge on any atom is -0.480 e. The first-order valence-corrected chi connectivity index (χ1v) is 11.6. The van der Waals surface area contributed by atoms with Crippen molar-refractivity contribution in [2.24, 2.45) is 0 Å². The molecular weight excluding hydrogens is 498 g/mol. The molecule has 0 bridgehead atoms. The van der Waals surface area contributed by atoms with Crippen molar-refractivity contribution in [1.29, 1.82) is 0 Å². The predicted molar refractivity (Wildman–Crippen MR) is 133 cm³/mol. The molecule has 3 N–H and O–H groups in total. The number of esters is 1. The van der Waals surface area contributed by atoms with E-state index in [4.69, 9.17) is 9.47 Å². The van der Waals surface area contributed by atoms with Crippen LogP contribution < -0.4 is 10.7 Å². The van der Waals surface area contributed by atoms with Crippen molar-refractivity contribution in [3.8, 4) is 0 Å². The van der Waals surface area contributed by atoms with Gasteiger partial charge < -0.3 is 19.1 Å². The second kappa shape index (κ2) is 12.1. The average molecular weight is 528 g/mol. The minimum atomic E-state index is -1.29. The molecule has 2 amide bonds. The summed E-state index contributed by atoms with van der Waals surface area (Å²) in [6.07, 6.45) is 1.72.